The Morgan fingerprint density at radius 1 is 1.45 bits per heavy atom. The molecule has 0 saturated carbocycles. The van der Waals surface area contributed by atoms with Gasteiger partial charge in [-0.05, 0) is 37.3 Å². The molecule has 1 aliphatic heterocycles. The summed E-state index contributed by atoms with van der Waals surface area (Å²) < 4.78 is 0. The standard InChI is InChI=1S/C16H24N2OS/c1-12(2)11-18(13-8-9-17-10-13)16(19)14-6-4-5-7-15(14)20-3/h4-7,12-13,17H,8-11H2,1-3H3. The smallest absolute Gasteiger partial charge is 0.255 e. The summed E-state index contributed by atoms with van der Waals surface area (Å²) in [7, 11) is 0. The van der Waals surface area contributed by atoms with Gasteiger partial charge in [-0.1, -0.05) is 26.0 Å². The molecule has 0 aliphatic carbocycles. The fraction of sp³-hybridized carbons (Fsp3) is 0.562. The molecule has 1 atom stereocenters. The van der Waals surface area contributed by atoms with Crippen LogP contribution in [0.2, 0.25) is 0 Å². The molecule has 1 fully saturated rings. The number of amides is 1. The first-order valence-corrected chi connectivity index (χ1v) is 8.50. The van der Waals surface area contributed by atoms with Crippen molar-refractivity contribution in [1.29, 1.82) is 0 Å². The Labute approximate surface area is 126 Å². The molecule has 0 aromatic heterocycles. The molecular formula is C16H24N2OS. The van der Waals surface area contributed by atoms with Crippen LogP contribution < -0.4 is 5.32 Å². The van der Waals surface area contributed by atoms with E-state index in [1.165, 1.54) is 0 Å². The van der Waals surface area contributed by atoms with Crippen molar-refractivity contribution in [2.75, 3.05) is 25.9 Å². The Hall–Kier alpha value is -1.00. The van der Waals surface area contributed by atoms with Gasteiger partial charge < -0.3 is 10.2 Å². The number of hydrogen-bond acceptors (Lipinski definition) is 3. The number of thioether (sulfide) groups is 1. The van der Waals surface area contributed by atoms with Gasteiger partial charge in [-0.25, -0.2) is 0 Å². The lowest BCUT2D eigenvalue weighted by Crippen LogP contribution is -2.43. The van der Waals surface area contributed by atoms with Crippen molar-refractivity contribution in [3.05, 3.63) is 29.8 Å². The van der Waals surface area contributed by atoms with E-state index >= 15 is 0 Å². The average molecular weight is 292 g/mol. The van der Waals surface area contributed by atoms with E-state index in [2.05, 4.69) is 24.1 Å². The Kier molecular flexibility index (Phi) is 5.49. The molecule has 4 heteroatoms. The summed E-state index contributed by atoms with van der Waals surface area (Å²) in [4.78, 5) is 16.1. The molecule has 20 heavy (non-hydrogen) atoms. The Morgan fingerprint density at radius 3 is 2.80 bits per heavy atom. The lowest BCUT2D eigenvalue weighted by molar-refractivity contribution is 0.0663. The van der Waals surface area contributed by atoms with Crippen LogP contribution in [0, 0.1) is 5.92 Å². The molecule has 3 nitrogen and oxygen atoms in total. The highest BCUT2D eigenvalue weighted by atomic mass is 32.2. The topological polar surface area (TPSA) is 32.3 Å². The summed E-state index contributed by atoms with van der Waals surface area (Å²) >= 11 is 1.64. The van der Waals surface area contributed by atoms with Crippen LogP contribution in [0.15, 0.2) is 29.2 Å². The van der Waals surface area contributed by atoms with E-state index in [0.29, 0.717) is 12.0 Å². The zero-order valence-corrected chi connectivity index (χ0v) is 13.4. The molecule has 0 bridgehead atoms. The Morgan fingerprint density at radius 2 is 2.20 bits per heavy atom. The molecule has 1 aliphatic rings. The van der Waals surface area contributed by atoms with Crippen LogP contribution in [0.1, 0.15) is 30.6 Å². The van der Waals surface area contributed by atoms with Crippen molar-refractivity contribution in [3.63, 3.8) is 0 Å². The molecule has 1 N–H and O–H groups in total. The molecule has 1 aromatic rings. The van der Waals surface area contributed by atoms with E-state index in [-0.39, 0.29) is 5.91 Å². The first-order chi connectivity index (χ1) is 9.63. The number of nitrogens with zero attached hydrogens (tertiary/aromatic N) is 1. The highest BCUT2D eigenvalue weighted by Crippen LogP contribution is 2.23. The van der Waals surface area contributed by atoms with Gasteiger partial charge in [-0.2, -0.15) is 0 Å². The number of nitrogens with one attached hydrogen (secondary N) is 1. The minimum atomic E-state index is 0.178. The van der Waals surface area contributed by atoms with E-state index in [4.69, 9.17) is 0 Å². The lowest BCUT2D eigenvalue weighted by atomic mass is 10.1. The summed E-state index contributed by atoms with van der Waals surface area (Å²) in [5.41, 5.74) is 0.840. The zero-order valence-electron chi connectivity index (χ0n) is 12.6. The maximum absolute atomic E-state index is 12.9. The molecule has 2 rings (SSSR count). The third kappa shape index (κ3) is 3.55. The monoisotopic (exact) mass is 292 g/mol. The van der Waals surface area contributed by atoms with Gasteiger partial charge in [0, 0.05) is 24.0 Å². The zero-order chi connectivity index (χ0) is 14.5. The van der Waals surface area contributed by atoms with Gasteiger partial charge in [0.15, 0.2) is 0 Å². The summed E-state index contributed by atoms with van der Waals surface area (Å²) in [5.74, 6) is 0.665. The normalized spacial score (nSPS) is 18.5. The molecule has 110 valence electrons. The van der Waals surface area contributed by atoms with Gasteiger partial charge in [0.1, 0.15) is 0 Å². The molecule has 1 unspecified atom stereocenters. The summed E-state index contributed by atoms with van der Waals surface area (Å²) in [6, 6.07) is 8.25. The van der Waals surface area contributed by atoms with Crippen molar-refractivity contribution in [2.24, 2.45) is 5.92 Å². The van der Waals surface area contributed by atoms with E-state index in [0.717, 1.165) is 36.5 Å². The number of benzene rings is 1. The van der Waals surface area contributed by atoms with Crippen molar-refractivity contribution >= 4 is 17.7 Å². The van der Waals surface area contributed by atoms with E-state index in [1.54, 1.807) is 11.8 Å². The summed E-state index contributed by atoms with van der Waals surface area (Å²) in [5, 5.41) is 3.36. The van der Waals surface area contributed by atoms with Gasteiger partial charge in [-0.15, -0.1) is 11.8 Å². The maximum Gasteiger partial charge on any atom is 0.255 e. The largest absolute Gasteiger partial charge is 0.334 e. The highest BCUT2D eigenvalue weighted by molar-refractivity contribution is 7.98. The van der Waals surface area contributed by atoms with Crippen LogP contribution in [-0.4, -0.2) is 42.7 Å². The van der Waals surface area contributed by atoms with Crippen molar-refractivity contribution in [2.45, 2.75) is 31.2 Å². The molecular weight excluding hydrogens is 268 g/mol. The number of hydrogen-bond donors (Lipinski definition) is 1. The lowest BCUT2D eigenvalue weighted by Gasteiger charge is -2.30. The minimum Gasteiger partial charge on any atom is -0.334 e. The number of carbonyl (C=O) groups excluding carboxylic acids is 1. The van der Waals surface area contributed by atoms with Crippen LogP contribution in [0.5, 0.6) is 0 Å². The van der Waals surface area contributed by atoms with E-state index < -0.39 is 0 Å². The van der Waals surface area contributed by atoms with Crippen LogP contribution in [-0.2, 0) is 0 Å². The fourth-order valence-electron chi connectivity index (χ4n) is 2.67. The molecule has 1 aromatic carbocycles. The second-order valence-electron chi connectivity index (χ2n) is 5.70. The fourth-order valence-corrected chi connectivity index (χ4v) is 3.26. The average Bonchev–Trinajstić information content (AvgIpc) is 2.97. The maximum atomic E-state index is 12.9. The van der Waals surface area contributed by atoms with Gasteiger partial charge in [0.2, 0.25) is 0 Å². The predicted molar refractivity (Wildman–Crippen MR) is 85.4 cm³/mol. The first kappa shape index (κ1) is 15.4. The summed E-state index contributed by atoms with van der Waals surface area (Å²) in [6.45, 7) is 7.09. The first-order valence-electron chi connectivity index (χ1n) is 7.28. The van der Waals surface area contributed by atoms with Crippen molar-refractivity contribution in [1.82, 2.24) is 10.2 Å². The van der Waals surface area contributed by atoms with Crippen molar-refractivity contribution in [3.8, 4) is 0 Å². The molecule has 0 spiro atoms. The second kappa shape index (κ2) is 7.14. The van der Waals surface area contributed by atoms with E-state index in [1.807, 2.05) is 30.5 Å². The van der Waals surface area contributed by atoms with Crippen LogP contribution in [0.3, 0.4) is 0 Å². The summed E-state index contributed by atoms with van der Waals surface area (Å²) in [6.07, 6.45) is 3.08. The number of rotatable bonds is 5. The van der Waals surface area contributed by atoms with Gasteiger partial charge in [-0.3, -0.25) is 4.79 Å². The van der Waals surface area contributed by atoms with Crippen LogP contribution >= 0.6 is 11.8 Å². The highest BCUT2D eigenvalue weighted by Gasteiger charge is 2.28. The van der Waals surface area contributed by atoms with Gasteiger partial charge in [0.05, 0.1) is 5.56 Å². The minimum absolute atomic E-state index is 0.178. The third-order valence-corrected chi connectivity index (χ3v) is 4.43. The second-order valence-corrected chi connectivity index (χ2v) is 6.55. The van der Waals surface area contributed by atoms with Gasteiger partial charge >= 0.3 is 0 Å². The predicted octanol–water partition coefficient (Wildman–Crippen LogP) is 2.87. The van der Waals surface area contributed by atoms with Crippen LogP contribution in [0.25, 0.3) is 0 Å². The van der Waals surface area contributed by atoms with E-state index in [9.17, 15) is 4.79 Å². The molecule has 0 radical (unpaired) electrons. The SMILES string of the molecule is CSc1ccccc1C(=O)N(CC(C)C)C1CCNC1. The number of carbonyl (C=O) groups is 1. The molecule has 1 amide bonds. The molecule has 1 heterocycles. The van der Waals surface area contributed by atoms with Gasteiger partial charge in [0.25, 0.3) is 5.91 Å². The Balaban J connectivity index is 2.25. The van der Waals surface area contributed by atoms with Crippen molar-refractivity contribution < 1.29 is 4.79 Å². The van der Waals surface area contributed by atoms with Crippen LogP contribution in [0.4, 0.5) is 0 Å². The molecule has 1 saturated heterocycles. The third-order valence-electron chi connectivity index (χ3n) is 3.64. The Bertz CT molecular complexity index is 456. The quantitative estimate of drug-likeness (QED) is 0.847.